The number of halogens is 1. The first kappa shape index (κ1) is 15.1. The number of anilines is 2. The molecule has 1 aromatic carbocycles. The molecule has 0 radical (unpaired) electrons. The topological polar surface area (TPSA) is 71.4 Å². The molecular weight excluding hydrogens is 331 g/mol. The molecule has 0 aliphatic heterocycles. The second-order valence-corrected chi connectivity index (χ2v) is 6.65. The van der Waals surface area contributed by atoms with E-state index in [0.717, 1.165) is 22.5 Å². The van der Waals surface area contributed by atoms with E-state index >= 15 is 0 Å². The third kappa shape index (κ3) is 2.92. The highest BCUT2D eigenvalue weighted by molar-refractivity contribution is 5.74. The van der Waals surface area contributed by atoms with Crippen LogP contribution in [0.4, 0.5) is 16.0 Å². The van der Waals surface area contributed by atoms with Crippen LogP contribution in [0.2, 0.25) is 0 Å². The summed E-state index contributed by atoms with van der Waals surface area (Å²) in [6.45, 7) is 0.585. The van der Waals surface area contributed by atoms with E-state index in [9.17, 15) is 4.39 Å². The average Bonchev–Trinajstić information content (AvgIpc) is 3.28. The minimum atomic E-state index is -0.238. The number of benzene rings is 1. The maximum absolute atomic E-state index is 13.1. The van der Waals surface area contributed by atoms with Gasteiger partial charge in [-0.15, -0.1) is 0 Å². The Hall–Kier alpha value is -3.22. The number of H-pyrrole nitrogens is 1. The molecule has 3 heterocycles. The van der Waals surface area contributed by atoms with Crippen LogP contribution in [-0.4, -0.2) is 24.7 Å². The lowest BCUT2D eigenvalue weighted by Crippen LogP contribution is -2.01. The summed E-state index contributed by atoms with van der Waals surface area (Å²) in [7, 11) is 0. The molecule has 0 saturated heterocycles. The first-order chi connectivity index (χ1) is 12.7. The number of nitrogens with one attached hydrogen (secondary N) is 2. The molecule has 26 heavy (non-hydrogen) atoms. The van der Waals surface area contributed by atoms with Crippen molar-refractivity contribution in [1.82, 2.24) is 24.7 Å². The number of nitrogens with zero attached hydrogens (tertiary/aromatic N) is 4. The molecule has 1 aliphatic carbocycles. The molecule has 4 aromatic rings. The molecule has 0 unspecified atom stereocenters. The van der Waals surface area contributed by atoms with E-state index in [-0.39, 0.29) is 5.82 Å². The minimum absolute atomic E-state index is 0.238. The summed E-state index contributed by atoms with van der Waals surface area (Å²) in [5, 5.41) is 10.6. The van der Waals surface area contributed by atoms with Crippen LogP contribution >= 0.6 is 0 Å². The van der Waals surface area contributed by atoms with Gasteiger partial charge in [0.1, 0.15) is 17.2 Å². The van der Waals surface area contributed by atoms with Crippen LogP contribution in [0.3, 0.4) is 0 Å². The van der Waals surface area contributed by atoms with Gasteiger partial charge in [0.05, 0.1) is 12.9 Å². The van der Waals surface area contributed by atoms with E-state index in [1.54, 1.807) is 18.5 Å². The standard InChI is InChI=1S/C19H17FN6/c20-14-5-1-12(2-6-14)10-26-11-21-15-7-8-17(23-19(15)26)22-18-9-16(24-25-18)13-3-4-13/h1-2,5-9,11,13H,3-4,10H2,(H2,22,23,24,25). The quantitative estimate of drug-likeness (QED) is 0.573. The van der Waals surface area contributed by atoms with E-state index in [2.05, 4.69) is 25.5 Å². The van der Waals surface area contributed by atoms with Gasteiger partial charge in [-0.3, -0.25) is 5.10 Å². The molecule has 3 aromatic heterocycles. The van der Waals surface area contributed by atoms with Crippen LogP contribution in [0, 0.1) is 5.82 Å². The molecule has 1 saturated carbocycles. The molecule has 6 nitrogen and oxygen atoms in total. The van der Waals surface area contributed by atoms with Crippen molar-refractivity contribution < 1.29 is 4.39 Å². The monoisotopic (exact) mass is 348 g/mol. The molecule has 1 fully saturated rings. The number of imidazole rings is 1. The van der Waals surface area contributed by atoms with Crippen molar-refractivity contribution in [3.05, 3.63) is 65.9 Å². The van der Waals surface area contributed by atoms with Crippen molar-refractivity contribution in [3.63, 3.8) is 0 Å². The van der Waals surface area contributed by atoms with Crippen molar-refractivity contribution in [2.24, 2.45) is 0 Å². The van der Waals surface area contributed by atoms with E-state index in [0.29, 0.717) is 18.3 Å². The zero-order chi connectivity index (χ0) is 17.5. The fourth-order valence-electron chi connectivity index (χ4n) is 3.05. The lowest BCUT2D eigenvalue weighted by molar-refractivity contribution is 0.626. The highest BCUT2D eigenvalue weighted by Gasteiger charge is 2.25. The van der Waals surface area contributed by atoms with Crippen LogP contribution < -0.4 is 5.32 Å². The Labute approximate surface area is 149 Å². The Balaban J connectivity index is 1.41. The van der Waals surface area contributed by atoms with Gasteiger partial charge in [0, 0.05) is 17.7 Å². The minimum Gasteiger partial charge on any atom is -0.323 e. The zero-order valence-corrected chi connectivity index (χ0v) is 14.0. The lowest BCUT2D eigenvalue weighted by Gasteiger charge is -2.06. The van der Waals surface area contributed by atoms with Crippen LogP contribution in [-0.2, 0) is 6.54 Å². The van der Waals surface area contributed by atoms with Crippen LogP contribution in [0.1, 0.15) is 30.0 Å². The number of hydrogen-bond acceptors (Lipinski definition) is 4. The van der Waals surface area contributed by atoms with Crippen molar-refractivity contribution in [2.75, 3.05) is 5.32 Å². The van der Waals surface area contributed by atoms with Crippen molar-refractivity contribution in [1.29, 1.82) is 0 Å². The van der Waals surface area contributed by atoms with E-state index in [4.69, 9.17) is 0 Å². The Morgan fingerprint density at radius 3 is 2.77 bits per heavy atom. The smallest absolute Gasteiger partial charge is 0.162 e. The van der Waals surface area contributed by atoms with Gasteiger partial charge in [-0.2, -0.15) is 5.10 Å². The number of aromatic amines is 1. The van der Waals surface area contributed by atoms with Gasteiger partial charge in [0.25, 0.3) is 0 Å². The molecular formula is C19H17FN6. The van der Waals surface area contributed by atoms with Crippen LogP contribution in [0.25, 0.3) is 11.2 Å². The van der Waals surface area contributed by atoms with Gasteiger partial charge >= 0.3 is 0 Å². The predicted octanol–water partition coefficient (Wildman–Crippen LogP) is 3.96. The van der Waals surface area contributed by atoms with Gasteiger partial charge in [-0.05, 0) is 42.7 Å². The Morgan fingerprint density at radius 2 is 1.96 bits per heavy atom. The summed E-state index contributed by atoms with van der Waals surface area (Å²) < 4.78 is 15.0. The second-order valence-electron chi connectivity index (χ2n) is 6.65. The molecule has 2 N–H and O–H groups in total. The van der Waals surface area contributed by atoms with Crippen molar-refractivity contribution >= 4 is 22.8 Å². The van der Waals surface area contributed by atoms with Crippen molar-refractivity contribution in [2.45, 2.75) is 25.3 Å². The molecule has 0 bridgehead atoms. The maximum atomic E-state index is 13.1. The number of aromatic nitrogens is 5. The third-order valence-electron chi connectivity index (χ3n) is 4.60. The normalized spacial score (nSPS) is 14.0. The Morgan fingerprint density at radius 1 is 1.12 bits per heavy atom. The molecule has 5 rings (SSSR count). The Kier molecular flexibility index (Phi) is 3.44. The summed E-state index contributed by atoms with van der Waals surface area (Å²) in [4.78, 5) is 9.07. The fourth-order valence-corrected chi connectivity index (χ4v) is 3.05. The summed E-state index contributed by atoms with van der Waals surface area (Å²) in [5.74, 6) is 1.87. The first-order valence-corrected chi connectivity index (χ1v) is 8.63. The molecule has 0 atom stereocenters. The third-order valence-corrected chi connectivity index (χ3v) is 4.60. The lowest BCUT2D eigenvalue weighted by atomic mass is 10.2. The van der Waals surface area contributed by atoms with Crippen LogP contribution in [0.5, 0.6) is 0 Å². The number of pyridine rings is 1. The zero-order valence-electron chi connectivity index (χ0n) is 14.0. The first-order valence-electron chi connectivity index (χ1n) is 8.63. The number of rotatable bonds is 5. The molecule has 7 heteroatoms. The van der Waals surface area contributed by atoms with Gasteiger partial charge in [-0.25, -0.2) is 14.4 Å². The van der Waals surface area contributed by atoms with Gasteiger partial charge in [0.2, 0.25) is 0 Å². The number of hydrogen-bond donors (Lipinski definition) is 2. The second kappa shape index (κ2) is 5.94. The van der Waals surface area contributed by atoms with Crippen LogP contribution in [0.15, 0.2) is 48.8 Å². The van der Waals surface area contributed by atoms with Gasteiger partial charge in [-0.1, -0.05) is 12.1 Å². The van der Waals surface area contributed by atoms with E-state index in [1.807, 2.05) is 22.8 Å². The summed E-state index contributed by atoms with van der Waals surface area (Å²) >= 11 is 0. The van der Waals surface area contributed by atoms with E-state index in [1.165, 1.54) is 30.7 Å². The fraction of sp³-hybridized carbons (Fsp3) is 0.211. The summed E-state index contributed by atoms with van der Waals surface area (Å²) in [6, 6.07) is 12.3. The number of fused-ring (bicyclic) bond motifs is 1. The predicted molar refractivity (Wildman–Crippen MR) is 96.9 cm³/mol. The summed E-state index contributed by atoms with van der Waals surface area (Å²) in [5.41, 5.74) is 3.76. The SMILES string of the molecule is Fc1ccc(Cn2cnc3ccc(Nc4cc(C5CC5)[nH]n4)nc32)cc1. The molecule has 130 valence electrons. The van der Waals surface area contributed by atoms with Gasteiger partial charge in [0.15, 0.2) is 11.5 Å². The summed E-state index contributed by atoms with van der Waals surface area (Å²) in [6.07, 6.45) is 4.22. The van der Waals surface area contributed by atoms with Gasteiger partial charge < -0.3 is 9.88 Å². The Bertz CT molecular complexity index is 1060. The molecule has 0 spiro atoms. The highest BCUT2D eigenvalue weighted by atomic mass is 19.1. The maximum Gasteiger partial charge on any atom is 0.162 e. The van der Waals surface area contributed by atoms with Crippen molar-refractivity contribution in [3.8, 4) is 0 Å². The largest absolute Gasteiger partial charge is 0.323 e. The highest BCUT2D eigenvalue weighted by Crippen LogP contribution is 2.39. The van der Waals surface area contributed by atoms with E-state index < -0.39 is 0 Å². The molecule has 1 aliphatic rings. The average molecular weight is 348 g/mol. The molecule has 0 amide bonds.